The SMILES string of the molecule is C=O.Cc1c(F)cccc1C(=O)N(C)C1CCC(=O)NC1=O. The molecule has 1 aliphatic rings. The fourth-order valence-electron chi connectivity index (χ4n) is 2.22. The van der Waals surface area contributed by atoms with Gasteiger partial charge in [0.25, 0.3) is 5.91 Å². The number of nitrogens with one attached hydrogen (secondary N) is 1. The number of amides is 3. The third-order valence-electron chi connectivity index (χ3n) is 3.50. The molecule has 1 unspecified atom stereocenters. The van der Waals surface area contributed by atoms with Crippen molar-refractivity contribution in [3.63, 3.8) is 0 Å². The Morgan fingerprint density at radius 2 is 2.00 bits per heavy atom. The molecule has 1 fully saturated rings. The number of likely N-dealkylation sites (N-methyl/N-ethyl adjacent to an activating group) is 1. The summed E-state index contributed by atoms with van der Waals surface area (Å²) in [6, 6.07) is 3.54. The van der Waals surface area contributed by atoms with Crippen LogP contribution in [-0.2, 0) is 14.4 Å². The van der Waals surface area contributed by atoms with Crippen molar-refractivity contribution in [2.24, 2.45) is 0 Å². The zero-order valence-corrected chi connectivity index (χ0v) is 12.4. The van der Waals surface area contributed by atoms with Crippen molar-refractivity contribution in [2.45, 2.75) is 25.8 Å². The predicted molar refractivity (Wildman–Crippen MR) is 76.5 cm³/mol. The van der Waals surface area contributed by atoms with Crippen molar-refractivity contribution in [1.29, 1.82) is 0 Å². The van der Waals surface area contributed by atoms with Gasteiger partial charge in [-0.2, -0.15) is 0 Å². The third-order valence-corrected chi connectivity index (χ3v) is 3.50. The summed E-state index contributed by atoms with van der Waals surface area (Å²) in [7, 11) is 1.48. The van der Waals surface area contributed by atoms with Gasteiger partial charge in [0.15, 0.2) is 0 Å². The van der Waals surface area contributed by atoms with E-state index >= 15 is 0 Å². The van der Waals surface area contributed by atoms with Crippen LogP contribution in [-0.4, -0.2) is 42.5 Å². The van der Waals surface area contributed by atoms with E-state index in [1.807, 2.05) is 6.79 Å². The first-order valence-corrected chi connectivity index (χ1v) is 6.56. The number of hydrogen-bond acceptors (Lipinski definition) is 4. The van der Waals surface area contributed by atoms with E-state index in [1.165, 1.54) is 37.1 Å². The second-order valence-corrected chi connectivity index (χ2v) is 4.80. The van der Waals surface area contributed by atoms with Crippen LogP contribution in [0.2, 0.25) is 0 Å². The van der Waals surface area contributed by atoms with E-state index in [9.17, 15) is 18.8 Å². The molecule has 0 aromatic heterocycles. The maximum absolute atomic E-state index is 13.5. The first-order valence-electron chi connectivity index (χ1n) is 6.56. The van der Waals surface area contributed by atoms with E-state index in [2.05, 4.69) is 5.32 Å². The Labute approximate surface area is 127 Å². The van der Waals surface area contributed by atoms with Crippen molar-refractivity contribution in [1.82, 2.24) is 10.2 Å². The summed E-state index contributed by atoms with van der Waals surface area (Å²) in [5.41, 5.74) is 0.467. The molecule has 0 radical (unpaired) electrons. The fraction of sp³-hybridized carbons (Fsp3) is 0.333. The van der Waals surface area contributed by atoms with Crippen molar-refractivity contribution >= 4 is 24.5 Å². The van der Waals surface area contributed by atoms with Gasteiger partial charge in [0.2, 0.25) is 11.8 Å². The highest BCUT2D eigenvalue weighted by atomic mass is 19.1. The van der Waals surface area contributed by atoms with E-state index in [1.54, 1.807) is 0 Å². The molecule has 3 amide bonds. The maximum Gasteiger partial charge on any atom is 0.254 e. The molecule has 1 aliphatic heterocycles. The van der Waals surface area contributed by atoms with Crippen LogP contribution < -0.4 is 5.32 Å². The standard InChI is InChI=1S/C14H15FN2O3.CH2O/c1-8-9(4-3-5-10(8)15)14(20)17(2)11-6-7-12(18)16-13(11)19;1-2/h3-5,11H,6-7H2,1-2H3,(H,16,18,19);1H2. The Bertz CT molecular complexity index is 603. The van der Waals surface area contributed by atoms with Gasteiger partial charge in [0.1, 0.15) is 18.6 Å². The molecule has 1 atom stereocenters. The zero-order valence-electron chi connectivity index (χ0n) is 12.4. The summed E-state index contributed by atoms with van der Waals surface area (Å²) in [5, 5.41) is 2.20. The molecule has 7 heteroatoms. The summed E-state index contributed by atoms with van der Waals surface area (Å²) < 4.78 is 13.5. The zero-order chi connectivity index (χ0) is 16.9. The van der Waals surface area contributed by atoms with E-state index in [0.29, 0.717) is 0 Å². The number of hydrogen-bond donors (Lipinski definition) is 1. The number of nitrogens with zero attached hydrogens (tertiary/aromatic N) is 1. The highest BCUT2D eigenvalue weighted by Gasteiger charge is 2.33. The molecular formula is C15H17FN2O4. The molecule has 1 heterocycles. The van der Waals surface area contributed by atoms with Gasteiger partial charge in [-0.15, -0.1) is 0 Å². The Balaban J connectivity index is 0.00000116. The molecule has 0 aliphatic carbocycles. The molecule has 0 spiro atoms. The lowest BCUT2D eigenvalue weighted by Gasteiger charge is -2.30. The summed E-state index contributed by atoms with van der Waals surface area (Å²) in [5.74, 6) is -1.73. The Kier molecular flexibility index (Phi) is 5.91. The number of rotatable bonds is 2. The van der Waals surface area contributed by atoms with E-state index in [4.69, 9.17) is 4.79 Å². The Hall–Kier alpha value is -2.57. The average Bonchev–Trinajstić information content (AvgIpc) is 2.51. The third kappa shape index (κ3) is 3.55. The second-order valence-electron chi connectivity index (χ2n) is 4.80. The van der Waals surface area contributed by atoms with Crippen LogP contribution in [0.3, 0.4) is 0 Å². The van der Waals surface area contributed by atoms with Crippen molar-refractivity contribution in [3.8, 4) is 0 Å². The van der Waals surface area contributed by atoms with Crippen molar-refractivity contribution in [2.75, 3.05) is 7.05 Å². The van der Waals surface area contributed by atoms with Gasteiger partial charge in [-0.25, -0.2) is 4.39 Å². The number of piperidine rings is 1. The number of imide groups is 1. The smallest absolute Gasteiger partial charge is 0.254 e. The largest absolute Gasteiger partial charge is 0.330 e. The van der Waals surface area contributed by atoms with Gasteiger partial charge < -0.3 is 9.69 Å². The normalized spacial score (nSPS) is 17.1. The number of halogens is 1. The first-order chi connectivity index (χ1) is 10.4. The maximum atomic E-state index is 13.5. The number of benzene rings is 1. The minimum Gasteiger partial charge on any atom is -0.330 e. The van der Waals surface area contributed by atoms with E-state index < -0.39 is 23.7 Å². The van der Waals surface area contributed by atoms with Crippen LogP contribution in [0.1, 0.15) is 28.8 Å². The van der Waals surface area contributed by atoms with Crippen LogP contribution in [0.15, 0.2) is 18.2 Å². The Morgan fingerprint density at radius 1 is 1.36 bits per heavy atom. The lowest BCUT2D eigenvalue weighted by molar-refractivity contribution is -0.136. The molecular weight excluding hydrogens is 291 g/mol. The van der Waals surface area contributed by atoms with Crippen LogP contribution in [0, 0.1) is 12.7 Å². The minimum atomic E-state index is -0.706. The van der Waals surface area contributed by atoms with Gasteiger partial charge in [0, 0.05) is 19.0 Å². The van der Waals surface area contributed by atoms with Crippen LogP contribution in [0.25, 0.3) is 0 Å². The van der Waals surface area contributed by atoms with Crippen LogP contribution in [0.4, 0.5) is 4.39 Å². The molecule has 118 valence electrons. The van der Waals surface area contributed by atoms with Gasteiger partial charge >= 0.3 is 0 Å². The molecule has 6 nitrogen and oxygen atoms in total. The topological polar surface area (TPSA) is 83.6 Å². The summed E-state index contributed by atoms with van der Waals surface area (Å²) in [4.78, 5) is 44.4. The van der Waals surface area contributed by atoms with Crippen LogP contribution >= 0.6 is 0 Å². The monoisotopic (exact) mass is 308 g/mol. The molecule has 0 bridgehead atoms. The van der Waals surface area contributed by atoms with E-state index in [-0.39, 0.29) is 29.9 Å². The van der Waals surface area contributed by atoms with Gasteiger partial charge in [-0.1, -0.05) is 6.07 Å². The van der Waals surface area contributed by atoms with Gasteiger partial charge in [-0.3, -0.25) is 19.7 Å². The highest BCUT2D eigenvalue weighted by molar-refractivity contribution is 6.04. The Morgan fingerprint density at radius 3 is 2.59 bits per heavy atom. The highest BCUT2D eigenvalue weighted by Crippen LogP contribution is 2.18. The average molecular weight is 308 g/mol. The van der Waals surface area contributed by atoms with Crippen LogP contribution in [0.5, 0.6) is 0 Å². The quantitative estimate of drug-likeness (QED) is 0.820. The molecule has 2 rings (SSSR count). The van der Waals surface area contributed by atoms with E-state index in [0.717, 1.165) is 0 Å². The first kappa shape index (κ1) is 17.5. The fourth-order valence-corrected chi connectivity index (χ4v) is 2.22. The minimum absolute atomic E-state index is 0.191. The van der Waals surface area contributed by atoms with Gasteiger partial charge in [0.05, 0.1) is 0 Å². The number of carbonyl (C=O) groups excluding carboxylic acids is 4. The molecule has 1 aromatic rings. The second kappa shape index (κ2) is 7.44. The molecule has 22 heavy (non-hydrogen) atoms. The summed E-state index contributed by atoms with van der Waals surface area (Å²) in [6.45, 7) is 3.51. The number of carbonyl (C=O) groups is 4. The summed E-state index contributed by atoms with van der Waals surface area (Å²) in [6.07, 6.45) is 0.470. The predicted octanol–water partition coefficient (Wildman–Crippen LogP) is 0.826. The van der Waals surface area contributed by atoms with Gasteiger partial charge in [-0.05, 0) is 31.0 Å². The van der Waals surface area contributed by atoms with Crippen molar-refractivity contribution in [3.05, 3.63) is 35.1 Å². The summed E-state index contributed by atoms with van der Waals surface area (Å²) >= 11 is 0. The lowest BCUT2D eigenvalue weighted by atomic mass is 10.0. The molecule has 1 saturated heterocycles. The van der Waals surface area contributed by atoms with Crippen molar-refractivity contribution < 1.29 is 23.6 Å². The molecule has 1 aromatic carbocycles. The lowest BCUT2D eigenvalue weighted by Crippen LogP contribution is -2.53. The molecule has 0 saturated carbocycles. The molecule has 1 N–H and O–H groups in total.